The van der Waals surface area contributed by atoms with Gasteiger partial charge in [0.25, 0.3) is 0 Å². The fourth-order valence-electron chi connectivity index (χ4n) is 0.916. The van der Waals surface area contributed by atoms with E-state index in [2.05, 4.69) is 12.0 Å². The smallest absolute Gasteiger partial charge is 0.241 e. The molecule has 14 heavy (non-hydrogen) atoms. The summed E-state index contributed by atoms with van der Waals surface area (Å²) >= 11 is 1.78. The highest BCUT2D eigenvalue weighted by Gasteiger charge is 2.09. The molecule has 0 saturated heterocycles. The van der Waals surface area contributed by atoms with E-state index in [0.29, 0.717) is 6.54 Å². The molecule has 1 rings (SSSR count). The molecule has 0 spiro atoms. The molecule has 0 aliphatic rings. The molecule has 0 amide bonds. The molecular weight excluding hydrogens is 222 g/mol. The van der Waals surface area contributed by atoms with E-state index in [4.69, 9.17) is 5.14 Å². The van der Waals surface area contributed by atoms with E-state index in [1.807, 2.05) is 0 Å². The Labute approximate surface area is 87.7 Å². The van der Waals surface area contributed by atoms with Crippen LogP contribution in [0.2, 0.25) is 0 Å². The van der Waals surface area contributed by atoms with Crippen LogP contribution in [0.1, 0.15) is 6.92 Å². The molecular formula is C7H13N3O2S2. The van der Waals surface area contributed by atoms with Crippen molar-refractivity contribution in [3.05, 3.63) is 12.4 Å². The topological polar surface area (TPSA) is 78.0 Å². The van der Waals surface area contributed by atoms with Crippen LogP contribution in [0, 0.1) is 0 Å². The third kappa shape index (κ3) is 3.32. The van der Waals surface area contributed by atoms with Crippen LogP contribution in [0.4, 0.5) is 0 Å². The van der Waals surface area contributed by atoms with Gasteiger partial charge in [0.15, 0.2) is 0 Å². The molecule has 1 aromatic heterocycles. The molecule has 7 heteroatoms. The maximum absolute atomic E-state index is 10.9. The van der Waals surface area contributed by atoms with Gasteiger partial charge >= 0.3 is 0 Å². The van der Waals surface area contributed by atoms with Gasteiger partial charge in [-0.3, -0.25) is 4.68 Å². The number of aryl methyl sites for hydroxylation is 1. The number of sulfonamides is 1. The van der Waals surface area contributed by atoms with Crippen molar-refractivity contribution in [2.75, 3.05) is 11.5 Å². The number of thioether (sulfide) groups is 1. The average Bonchev–Trinajstić information content (AvgIpc) is 2.52. The SMILES string of the molecule is CCSCCn1cc(S(N)(=O)=O)cn1. The molecule has 0 saturated carbocycles. The Morgan fingerprint density at radius 3 is 2.86 bits per heavy atom. The summed E-state index contributed by atoms with van der Waals surface area (Å²) in [6, 6.07) is 0. The third-order valence-electron chi connectivity index (χ3n) is 1.61. The van der Waals surface area contributed by atoms with Crippen molar-refractivity contribution in [2.45, 2.75) is 18.4 Å². The Kier molecular flexibility index (Phi) is 3.97. The molecule has 0 atom stereocenters. The minimum Gasteiger partial charge on any atom is -0.271 e. The molecule has 1 heterocycles. The number of primary sulfonamides is 1. The lowest BCUT2D eigenvalue weighted by Gasteiger charge is -1.98. The Balaban J connectivity index is 2.60. The molecule has 1 aromatic rings. The zero-order chi connectivity index (χ0) is 10.6. The third-order valence-corrected chi connectivity index (χ3v) is 3.35. The van der Waals surface area contributed by atoms with Gasteiger partial charge in [0.05, 0.1) is 6.20 Å². The van der Waals surface area contributed by atoms with Gasteiger partial charge < -0.3 is 0 Å². The number of nitrogens with two attached hydrogens (primary N) is 1. The van der Waals surface area contributed by atoms with Gasteiger partial charge in [0, 0.05) is 18.5 Å². The van der Waals surface area contributed by atoms with Crippen LogP contribution in [0.3, 0.4) is 0 Å². The van der Waals surface area contributed by atoms with Crippen LogP contribution < -0.4 is 5.14 Å². The predicted octanol–water partition coefficient (Wildman–Crippen LogP) is 0.284. The van der Waals surface area contributed by atoms with Crippen LogP contribution in [0.15, 0.2) is 17.3 Å². The zero-order valence-corrected chi connectivity index (χ0v) is 9.51. The van der Waals surface area contributed by atoms with Crippen LogP contribution in [-0.4, -0.2) is 29.7 Å². The number of hydrogen-bond donors (Lipinski definition) is 1. The Morgan fingerprint density at radius 2 is 2.36 bits per heavy atom. The highest BCUT2D eigenvalue weighted by molar-refractivity contribution is 7.99. The number of rotatable bonds is 5. The fourth-order valence-corrected chi connectivity index (χ4v) is 1.98. The Morgan fingerprint density at radius 1 is 1.64 bits per heavy atom. The molecule has 2 N–H and O–H groups in total. The maximum atomic E-state index is 10.9. The second kappa shape index (κ2) is 4.81. The maximum Gasteiger partial charge on any atom is 0.241 e. The molecule has 0 aliphatic carbocycles. The highest BCUT2D eigenvalue weighted by Crippen LogP contribution is 2.05. The predicted molar refractivity (Wildman–Crippen MR) is 56.6 cm³/mol. The number of aromatic nitrogens is 2. The average molecular weight is 235 g/mol. The molecule has 0 radical (unpaired) electrons. The van der Waals surface area contributed by atoms with Crippen molar-refractivity contribution in [1.82, 2.24) is 9.78 Å². The monoisotopic (exact) mass is 235 g/mol. The standard InChI is InChI=1S/C7H13N3O2S2/c1-2-13-4-3-10-6-7(5-9-10)14(8,11)12/h5-6H,2-4H2,1H3,(H2,8,11,12). The number of nitrogens with zero attached hydrogens (tertiary/aromatic N) is 2. The van der Waals surface area contributed by atoms with Gasteiger partial charge in [-0.1, -0.05) is 6.92 Å². The van der Waals surface area contributed by atoms with Crippen molar-refractivity contribution in [2.24, 2.45) is 5.14 Å². The van der Waals surface area contributed by atoms with E-state index < -0.39 is 10.0 Å². The van der Waals surface area contributed by atoms with Crippen molar-refractivity contribution in [1.29, 1.82) is 0 Å². The Bertz CT molecular complexity index is 385. The van der Waals surface area contributed by atoms with Crippen LogP contribution in [0.5, 0.6) is 0 Å². The summed E-state index contributed by atoms with van der Waals surface area (Å²) in [7, 11) is -3.60. The summed E-state index contributed by atoms with van der Waals surface area (Å²) in [5, 5.41) is 8.84. The summed E-state index contributed by atoms with van der Waals surface area (Å²) in [5.74, 6) is 1.96. The number of hydrogen-bond acceptors (Lipinski definition) is 4. The first kappa shape index (κ1) is 11.5. The van der Waals surface area contributed by atoms with Crippen LogP contribution in [0.25, 0.3) is 0 Å². The van der Waals surface area contributed by atoms with Gasteiger partial charge in [-0.15, -0.1) is 0 Å². The van der Waals surface area contributed by atoms with E-state index in [9.17, 15) is 8.42 Å². The van der Waals surface area contributed by atoms with Gasteiger partial charge in [-0.2, -0.15) is 16.9 Å². The van der Waals surface area contributed by atoms with E-state index >= 15 is 0 Å². The van der Waals surface area contributed by atoms with Gasteiger partial charge in [-0.05, 0) is 5.75 Å². The van der Waals surface area contributed by atoms with Crippen molar-refractivity contribution >= 4 is 21.8 Å². The van der Waals surface area contributed by atoms with Gasteiger partial charge in [-0.25, -0.2) is 13.6 Å². The van der Waals surface area contributed by atoms with E-state index in [1.54, 1.807) is 16.4 Å². The Hall–Kier alpha value is -0.530. The molecule has 5 nitrogen and oxygen atoms in total. The van der Waals surface area contributed by atoms with Crippen LogP contribution in [-0.2, 0) is 16.6 Å². The molecule has 0 fully saturated rings. The van der Waals surface area contributed by atoms with Crippen molar-refractivity contribution < 1.29 is 8.42 Å². The fraction of sp³-hybridized carbons (Fsp3) is 0.571. The summed E-state index contributed by atoms with van der Waals surface area (Å²) in [5.41, 5.74) is 0. The normalized spacial score (nSPS) is 11.9. The molecule has 80 valence electrons. The first-order valence-corrected chi connectivity index (χ1v) is 6.87. The first-order chi connectivity index (χ1) is 6.54. The second-order valence-corrected chi connectivity index (χ2v) is 5.64. The minimum absolute atomic E-state index is 0.0685. The molecule has 0 aromatic carbocycles. The van der Waals surface area contributed by atoms with Crippen molar-refractivity contribution in [3.8, 4) is 0 Å². The van der Waals surface area contributed by atoms with E-state index in [0.717, 1.165) is 11.5 Å². The quantitative estimate of drug-likeness (QED) is 0.744. The second-order valence-electron chi connectivity index (χ2n) is 2.68. The highest BCUT2D eigenvalue weighted by atomic mass is 32.2. The minimum atomic E-state index is -3.60. The molecule has 0 unspecified atom stereocenters. The lowest BCUT2D eigenvalue weighted by Crippen LogP contribution is -2.11. The molecule has 0 aliphatic heterocycles. The lowest BCUT2D eigenvalue weighted by molar-refractivity contribution is 0.597. The van der Waals surface area contributed by atoms with E-state index in [-0.39, 0.29) is 4.90 Å². The zero-order valence-electron chi connectivity index (χ0n) is 7.88. The first-order valence-electron chi connectivity index (χ1n) is 4.17. The molecule has 0 bridgehead atoms. The summed E-state index contributed by atoms with van der Waals surface area (Å²) in [4.78, 5) is 0.0685. The lowest BCUT2D eigenvalue weighted by atomic mass is 10.7. The van der Waals surface area contributed by atoms with Crippen molar-refractivity contribution in [3.63, 3.8) is 0 Å². The largest absolute Gasteiger partial charge is 0.271 e. The van der Waals surface area contributed by atoms with Gasteiger partial charge in [0.2, 0.25) is 10.0 Å². The summed E-state index contributed by atoms with van der Waals surface area (Å²) in [6.07, 6.45) is 2.72. The summed E-state index contributed by atoms with van der Waals surface area (Å²) in [6.45, 7) is 2.78. The summed E-state index contributed by atoms with van der Waals surface area (Å²) < 4.78 is 23.4. The van der Waals surface area contributed by atoms with Gasteiger partial charge in [0.1, 0.15) is 4.90 Å². The van der Waals surface area contributed by atoms with Crippen LogP contribution >= 0.6 is 11.8 Å². The van der Waals surface area contributed by atoms with E-state index in [1.165, 1.54) is 12.4 Å².